The van der Waals surface area contributed by atoms with Crippen molar-refractivity contribution in [3.8, 4) is 11.1 Å². The van der Waals surface area contributed by atoms with E-state index in [0.29, 0.717) is 31.5 Å². The Morgan fingerprint density at radius 3 is 2.07 bits per heavy atom. The van der Waals surface area contributed by atoms with Crippen LogP contribution in [0.5, 0.6) is 0 Å². The lowest BCUT2D eigenvalue weighted by atomic mass is 9.95. The first kappa shape index (κ1) is 50.0. The number of carbonyl (C=O) groups is 4. The van der Waals surface area contributed by atoms with Crippen molar-refractivity contribution in [3.63, 3.8) is 0 Å². The second-order valence-corrected chi connectivity index (χ2v) is 18.6. The molecule has 1 aromatic heterocycles. The van der Waals surface area contributed by atoms with Gasteiger partial charge in [-0.1, -0.05) is 135 Å². The molecule has 5 aromatic rings. The second kappa shape index (κ2) is 23.3. The van der Waals surface area contributed by atoms with Gasteiger partial charge in [0.15, 0.2) is 28.3 Å². The number of nitrogens with zero attached hydrogens (tertiary/aromatic N) is 4. The quantitative estimate of drug-likeness (QED) is 0.0473. The average Bonchev–Trinajstić information content (AvgIpc) is 3.62. The summed E-state index contributed by atoms with van der Waals surface area (Å²) in [5.41, 5.74) is 18.9. The summed E-state index contributed by atoms with van der Waals surface area (Å²) in [5.74, 6) is -1.18. The molecular weight excluding hydrogens is 866 g/mol. The Bertz CT molecular complexity index is 2460. The van der Waals surface area contributed by atoms with Crippen molar-refractivity contribution in [3.05, 3.63) is 141 Å². The topological polar surface area (TPSA) is 183 Å². The fraction of sp³-hybridized carbons (Fsp3) is 0.396. The standard InChI is InChI=1S/C53H64ClN7O6/c1-6-7-8-15-28-60(51(64)66-34-44-42-21-13-11-19-40(42)41-20-12-14-22-43(41)44)29-16-23-45(62)38-26-24-36(25-27-38)32-61(52(65)67-53(3,4)5)33-37(30-39-18-10-9-17-35(39)2)31-57-50(63)46-48(55)59-49(56)47(54)58-46/h9-14,17-22,24-27,37,44H,6-8,15-16,23,28-34H2,1-5H3,(H,57,63)(H4,55,56,59)/t37-/m0/s1. The number of nitrogen functional groups attached to an aromatic ring is 2. The van der Waals surface area contributed by atoms with Gasteiger partial charge in [-0.2, -0.15) is 0 Å². The molecule has 0 aliphatic heterocycles. The molecule has 5 N–H and O–H groups in total. The molecule has 6 rings (SSSR count). The largest absolute Gasteiger partial charge is 0.448 e. The van der Waals surface area contributed by atoms with E-state index in [9.17, 15) is 19.2 Å². The highest BCUT2D eigenvalue weighted by molar-refractivity contribution is 6.31. The number of aryl methyl sites for hydroxylation is 1. The van der Waals surface area contributed by atoms with Crippen LogP contribution in [0.25, 0.3) is 11.1 Å². The summed E-state index contributed by atoms with van der Waals surface area (Å²) in [6.45, 7) is 11.3. The van der Waals surface area contributed by atoms with E-state index in [2.05, 4.69) is 46.5 Å². The lowest BCUT2D eigenvalue weighted by Gasteiger charge is -2.31. The van der Waals surface area contributed by atoms with E-state index in [0.717, 1.165) is 53.5 Å². The van der Waals surface area contributed by atoms with Crippen molar-refractivity contribution in [2.75, 3.05) is 44.3 Å². The number of carbonyl (C=O) groups excluding carboxylic acids is 4. The van der Waals surface area contributed by atoms with Crippen LogP contribution in [-0.2, 0) is 22.4 Å². The van der Waals surface area contributed by atoms with Gasteiger partial charge in [-0.15, -0.1) is 0 Å². The van der Waals surface area contributed by atoms with Gasteiger partial charge in [0, 0.05) is 50.6 Å². The molecule has 3 amide bonds. The lowest BCUT2D eigenvalue weighted by Crippen LogP contribution is -2.42. The van der Waals surface area contributed by atoms with Crippen molar-refractivity contribution < 1.29 is 28.7 Å². The number of unbranched alkanes of at least 4 members (excludes halogenated alkanes) is 3. The molecule has 1 aliphatic carbocycles. The van der Waals surface area contributed by atoms with Gasteiger partial charge in [0.05, 0.1) is 0 Å². The summed E-state index contributed by atoms with van der Waals surface area (Å²) in [7, 11) is 0. The highest BCUT2D eigenvalue weighted by Gasteiger charge is 2.30. The Morgan fingerprint density at radius 2 is 1.42 bits per heavy atom. The summed E-state index contributed by atoms with van der Waals surface area (Å²) in [4.78, 5) is 65.8. The number of ether oxygens (including phenoxy) is 2. The number of amides is 3. The van der Waals surface area contributed by atoms with Crippen LogP contribution in [0.15, 0.2) is 97.1 Å². The summed E-state index contributed by atoms with van der Waals surface area (Å²) < 4.78 is 11.9. The SMILES string of the molecule is CCCCCCN(CCCC(=O)c1ccc(CN(C[C@H](CNC(=O)c2nc(Cl)c(N)nc2N)Cc2ccccc2C)C(=O)OC(C)(C)C)cc1)C(=O)OCC1c2ccccc2-c2ccccc21. The van der Waals surface area contributed by atoms with Crippen LogP contribution in [-0.4, -0.2) is 82.0 Å². The van der Waals surface area contributed by atoms with Crippen LogP contribution in [0.1, 0.15) is 121 Å². The molecule has 0 spiro atoms. The van der Waals surface area contributed by atoms with Crippen molar-refractivity contribution in [1.29, 1.82) is 0 Å². The zero-order chi connectivity index (χ0) is 48.1. The zero-order valence-corrected chi connectivity index (χ0v) is 40.1. The average molecular weight is 931 g/mol. The molecule has 0 bridgehead atoms. The molecule has 1 heterocycles. The van der Waals surface area contributed by atoms with Crippen LogP contribution in [0.2, 0.25) is 5.15 Å². The van der Waals surface area contributed by atoms with E-state index in [4.69, 9.17) is 32.5 Å². The smallest absolute Gasteiger partial charge is 0.410 e. The number of rotatable bonds is 21. The normalized spacial score (nSPS) is 12.4. The molecule has 14 heteroatoms. The Morgan fingerprint density at radius 1 is 0.776 bits per heavy atom. The predicted molar refractivity (Wildman–Crippen MR) is 264 cm³/mol. The predicted octanol–water partition coefficient (Wildman–Crippen LogP) is 10.4. The Labute approximate surface area is 399 Å². The maximum atomic E-state index is 13.9. The van der Waals surface area contributed by atoms with Crippen LogP contribution in [0.3, 0.4) is 0 Å². The fourth-order valence-electron chi connectivity index (χ4n) is 8.42. The molecule has 354 valence electrons. The van der Waals surface area contributed by atoms with E-state index < -0.39 is 17.6 Å². The molecule has 4 aromatic carbocycles. The van der Waals surface area contributed by atoms with Gasteiger partial charge in [0.1, 0.15) is 12.2 Å². The number of fused-ring (bicyclic) bond motifs is 3. The third-order valence-electron chi connectivity index (χ3n) is 11.9. The highest BCUT2D eigenvalue weighted by Crippen LogP contribution is 2.44. The minimum atomic E-state index is -0.772. The third-order valence-corrected chi connectivity index (χ3v) is 12.2. The lowest BCUT2D eigenvalue weighted by molar-refractivity contribution is 0.0202. The number of hydrogen-bond acceptors (Lipinski definition) is 10. The van der Waals surface area contributed by atoms with Crippen molar-refractivity contribution >= 4 is 47.1 Å². The van der Waals surface area contributed by atoms with Gasteiger partial charge in [0.25, 0.3) is 5.91 Å². The molecule has 0 saturated carbocycles. The van der Waals surface area contributed by atoms with E-state index in [1.54, 1.807) is 42.7 Å². The Balaban J connectivity index is 1.10. The first-order valence-corrected chi connectivity index (χ1v) is 23.6. The molecular formula is C53H64ClN7O6. The number of Topliss-reactive ketones (excluding diaryl/α,β-unsaturated/α-hetero) is 1. The molecule has 0 fully saturated rings. The number of nitrogens with one attached hydrogen (secondary N) is 1. The zero-order valence-electron chi connectivity index (χ0n) is 39.4. The van der Waals surface area contributed by atoms with Gasteiger partial charge in [-0.25, -0.2) is 19.6 Å². The summed E-state index contributed by atoms with van der Waals surface area (Å²) in [6, 6.07) is 31.7. The van der Waals surface area contributed by atoms with Crippen molar-refractivity contribution in [1.82, 2.24) is 25.1 Å². The third kappa shape index (κ3) is 13.8. The number of aromatic nitrogens is 2. The number of ketones is 1. The maximum Gasteiger partial charge on any atom is 0.410 e. The molecule has 13 nitrogen and oxygen atoms in total. The van der Waals surface area contributed by atoms with E-state index >= 15 is 0 Å². The monoisotopic (exact) mass is 929 g/mol. The molecule has 0 radical (unpaired) electrons. The van der Waals surface area contributed by atoms with Crippen LogP contribution in [0, 0.1) is 12.8 Å². The fourth-order valence-corrected chi connectivity index (χ4v) is 8.55. The van der Waals surface area contributed by atoms with Crippen molar-refractivity contribution in [2.24, 2.45) is 5.92 Å². The molecule has 0 unspecified atom stereocenters. The van der Waals surface area contributed by atoms with Gasteiger partial charge in [-0.05, 0) is 91.8 Å². The van der Waals surface area contributed by atoms with Gasteiger partial charge in [-0.3, -0.25) is 9.59 Å². The maximum absolute atomic E-state index is 13.9. The molecule has 67 heavy (non-hydrogen) atoms. The minimum Gasteiger partial charge on any atom is -0.448 e. The van der Waals surface area contributed by atoms with Crippen LogP contribution >= 0.6 is 11.6 Å². The van der Waals surface area contributed by atoms with E-state index in [-0.39, 0.29) is 78.9 Å². The van der Waals surface area contributed by atoms with E-state index in [1.807, 2.05) is 67.6 Å². The first-order chi connectivity index (χ1) is 32.1. The van der Waals surface area contributed by atoms with E-state index in [1.165, 1.54) is 11.1 Å². The number of anilines is 2. The first-order valence-electron chi connectivity index (χ1n) is 23.2. The summed E-state index contributed by atoms with van der Waals surface area (Å²) >= 11 is 6.07. The van der Waals surface area contributed by atoms with Crippen molar-refractivity contribution in [2.45, 2.75) is 97.6 Å². The van der Waals surface area contributed by atoms with Crippen LogP contribution in [0.4, 0.5) is 21.2 Å². The number of nitrogens with two attached hydrogens (primary N) is 2. The van der Waals surface area contributed by atoms with Gasteiger partial charge < -0.3 is 36.1 Å². The number of halogens is 1. The van der Waals surface area contributed by atoms with Gasteiger partial charge >= 0.3 is 12.2 Å². The Hall–Kier alpha value is -6.47. The minimum absolute atomic E-state index is 0.0378. The van der Waals surface area contributed by atoms with Gasteiger partial charge in [0.2, 0.25) is 0 Å². The molecule has 1 aliphatic rings. The highest BCUT2D eigenvalue weighted by atomic mass is 35.5. The molecule has 1 atom stereocenters. The number of hydrogen-bond donors (Lipinski definition) is 3. The van der Waals surface area contributed by atoms with Crippen LogP contribution < -0.4 is 16.8 Å². The summed E-state index contributed by atoms with van der Waals surface area (Å²) in [6.07, 6.45) is 4.41. The summed E-state index contributed by atoms with van der Waals surface area (Å²) in [5, 5.41) is 2.77. The molecule has 0 saturated heterocycles. The number of benzene rings is 4. The second-order valence-electron chi connectivity index (χ2n) is 18.3. The Kier molecular flexibility index (Phi) is 17.4.